The topological polar surface area (TPSA) is 248 Å². The predicted molar refractivity (Wildman–Crippen MR) is 292 cm³/mol. The molecule has 10 rings (SSSR count). The van der Waals surface area contributed by atoms with Gasteiger partial charge >= 0.3 is 6.09 Å². The molecule has 7 aromatic rings. The van der Waals surface area contributed by atoms with Crippen molar-refractivity contribution in [1.29, 1.82) is 0 Å². The monoisotopic (exact) mass is 1080 g/mol. The highest BCUT2D eigenvalue weighted by Crippen LogP contribution is 2.33. The summed E-state index contributed by atoms with van der Waals surface area (Å²) in [4.78, 5) is 83.0. The number of hydrogen-bond donors (Lipinski definition) is 4. The quantitative estimate of drug-likeness (QED) is 0.0705. The van der Waals surface area contributed by atoms with Crippen molar-refractivity contribution in [3.8, 4) is 27.3 Å². The van der Waals surface area contributed by atoms with E-state index in [1.807, 2.05) is 81.7 Å². The number of ether oxygens (including phenoxy) is 2. The van der Waals surface area contributed by atoms with Crippen LogP contribution in [0.15, 0.2) is 78.8 Å². The smallest absolute Gasteiger partial charge is 0.411 e. The highest BCUT2D eigenvalue weighted by molar-refractivity contribution is 7.22. The number of aromatic nitrogens is 8. The summed E-state index contributed by atoms with van der Waals surface area (Å²) >= 11 is 2.98. The van der Waals surface area contributed by atoms with E-state index in [9.17, 15) is 24.3 Å². The van der Waals surface area contributed by atoms with Crippen molar-refractivity contribution >= 4 is 73.5 Å². The average molecular weight is 1080 g/mol. The van der Waals surface area contributed by atoms with Crippen LogP contribution in [-0.2, 0) is 32.3 Å². The maximum atomic E-state index is 14.2. The Bertz CT molecular complexity index is 3210. The predicted octanol–water partition coefficient (Wildman–Crippen LogP) is 7.18. The molecule has 77 heavy (non-hydrogen) atoms. The number of hydrogen-bond acceptors (Lipinski definition) is 18. The molecule has 0 spiro atoms. The Hall–Kier alpha value is -7.47. The van der Waals surface area contributed by atoms with E-state index in [0.717, 1.165) is 68.7 Å². The van der Waals surface area contributed by atoms with Crippen LogP contribution in [0.3, 0.4) is 0 Å². The van der Waals surface area contributed by atoms with Crippen LogP contribution in [0.25, 0.3) is 31.8 Å². The lowest BCUT2D eigenvalue weighted by Gasteiger charge is -2.34. The van der Waals surface area contributed by atoms with E-state index >= 15 is 0 Å². The van der Waals surface area contributed by atoms with Gasteiger partial charge in [-0.25, -0.2) is 29.4 Å². The van der Waals surface area contributed by atoms with Gasteiger partial charge in [-0.3, -0.25) is 29.6 Å². The van der Waals surface area contributed by atoms with Crippen LogP contribution in [0, 0.1) is 19.8 Å². The van der Waals surface area contributed by atoms with Gasteiger partial charge in [-0.2, -0.15) is 0 Å². The molecular formula is C54H62N14O7S2. The molecule has 0 radical (unpaired) electrons. The first kappa shape index (κ1) is 52.9. The Kier molecular flexibility index (Phi) is 16.4. The second-order valence-corrected chi connectivity index (χ2v) is 22.0. The van der Waals surface area contributed by atoms with E-state index in [0.29, 0.717) is 60.1 Å². The minimum absolute atomic E-state index is 0.0310. The number of thiazole rings is 2. The Morgan fingerprint density at radius 3 is 2.36 bits per heavy atom. The molecule has 3 atom stereocenters. The Morgan fingerprint density at radius 1 is 0.857 bits per heavy atom. The summed E-state index contributed by atoms with van der Waals surface area (Å²) < 4.78 is 14.1. The van der Waals surface area contributed by atoms with Gasteiger partial charge in [0.05, 0.1) is 68.9 Å². The van der Waals surface area contributed by atoms with Crippen molar-refractivity contribution < 1.29 is 33.8 Å². The first-order valence-corrected chi connectivity index (χ1v) is 27.7. The van der Waals surface area contributed by atoms with Crippen molar-refractivity contribution in [2.24, 2.45) is 5.92 Å². The fourth-order valence-corrected chi connectivity index (χ4v) is 11.7. The second-order valence-electron chi connectivity index (χ2n) is 20.1. The number of carbonyl (C=O) groups excluding carboxylic acids is 4. The van der Waals surface area contributed by atoms with Gasteiger partial charge in [0.25, 0.3) is 0 Å². The normalized spacial score (nSPS) is 17.6. The van der Waals surface area contributed by atoms with Gasteiger partial charge in [0.15, 0.2) is 10.9 Å². The van der Waals surface area contributed by atoms with Gasteiger partial charge in [0, 0.05) is 57.4 Å². The third-order valence-electron chi connectivity index (χ3n) is 14.2. The number of aliphatic hydroxyl groups excluding tert-OH is 1. The van der Waals surface area contributed by atoms with Crippen molar-refractivity contribution in [3.05, 3.63) is 101 Å². The molecular weight excluding hydrogens is 1020 g/mol. The van der Waals surface area contributed by atoms with Gasteiger partial charge in [0.2, 0.25) is 23.7 Å². The summed E-state index contributed by atoms with van der Waals surface area (Å²) in [5.74, 6) is -0.0646. The highest BCUT2D eigenvalue weighted by atomic mass is 32.1. The molecule has 2 aromatic carbocycles. The first-order valence-electron chi connectivity index (χ1n) is 26.0. The molecule has 3 fully saturated rings. The Morgan fingerprint density at radius 2 is 1.62 bits per heavy atom. The molecule has 1 saturated carbocycles. The van der Waals surface area contributed by atoms with Crippen molar-refractivity contribution in [1.82, 2.24) is 55.0 Å². The lowest BCUT2D eigenvalue weighted by Crippen LogP contribution is -2.49. The van der Waals surface area contributed by atoms with Crippen LogP contribution in [-0.4, -0.2) is 136 Å². The minimum Gasteiger partial charge on any atom is -0.484 e. The lowest BCUT2D eigenvalue weighted by atomic mass is 9.98. The molecule has 21 nitrogen and oxygen atoms in total. The van der Waals surface area contributed by atoms with E-state index in [1.165, 1.54) is 27.3 Å². The van der Waals surface area contributed by atoms with Crippen molar-refractivity contribution in [2.75, 3.05) is 54.8 Å². The number of carbonyl (C=O) groups is 4. The van der Waals surface area contributed by atoms with E-state index in [1.54, 1.807) is 36.1 Å². The fourth-order valence-electron chi connectivity index (χ4n) is 9.98. The zero-order chi connectivity index (χ0) is 53.6. The Labute approximate surface area is 453 Å². The number of nitrogens with one attached hydrogen (secondary N) is 3. The van der Waals surface area contributed by atoms with Crippen molar-refractivity contribution in [3.63, 3.8) is 0 Å². The molecule has 1 unspecified atom stereocenters. The first-order chi connectivity index (χ1) is 37.3. The molecule has 4 N–H and O–H groups in total. The summed E-state index contributed by atoms with van der Waals surface area (Å²) in [6.45, 7) is 10.7. The maximum Gasteiger partial charge on any atom is 0.411 e. The molecule has 7 heterocycles. The third-order valence-corrected chi connectivity index (χ3v) is 16.1. The third kappa shape index (κ3) is 12.9. The number of rotatable bonds is 17. The van der Waals surface area contributed by atoms with Crippen LogP contribution in [0.1, 0.15) is 81.1 Å². The molecule has 2 aliphatic heterocycles. The summed E-state index contributed by atoms with van der Waals surface area (Å²) in [7, 11) is 0. The van der Waals surface area contributed by atoms with Crippen LogP contribution in [0.2, 0.25) is 0 Å². The number of anilines is 3. The van der Waals surface area contributed by atoms with Gasteiger partial charge in [0.1, 0.15) is 30.5 Å². The molecule has 4 amide bonds. The molecule has 5 aromatic heterocycles. The molecule has 23 heteroatoms. The maximum absolute atomic E-state index is 14.2. The molecule has 1 aliphatic carbocycles. The number of piperazine rings is 1. The number of amides is 4. The number of nitrogens with zero attached hydrogens (tertiary/aromatic N) is 11. The highest BCUT2D eigenvalue weighted by Gasteiger charge is 2.42. The number of β-amino-alcohol motifs (C(OH)–C–C–N with tert-alkyl or cyclic N) is 1. The summed E-state index contributed by atoms with van der Waals surface area (Å²) in [6.07, 6.45) is 10.5. The minimum atomic E-state index is -0.842. The zero-order valence-corrected chi connectivity index (χ0v) is 45.1. The van der Waals surface area contributed by atoms with Crippen LogP contribution < -0.4 is 25.6 Å². The molecule has 402 valence electrons. The molecule has 0 bridgehead atoms. The number of fused-ring (bicyclic) bond motifs is 1. The van der Waals surface area contributed by atoms with E-state index in [4.69, 9.17) is 9.47 Å². The van der Waals surface area contributed by atoms with Crippen LogP contribution in [0.5, 0.6) is 5.75 Å². The van der Waals surface area contributed by atoms with Crippen LogP contribution >= 0.6 is 22.7 Å². The fraction of sp³-hybridized carbons (Fsp3) is 0.426. The molecule has 2 saturated heterocycles. The summed E-state index contributed by atoms with van der Waals surface area (Å²) in [5, 5.41) is 28.6. The van der Waals surface area contributed by atoms with Crippen molar-refractivity contribution in [2.45, 2.75) is 104 Å². The average Bonchev–Trinajstić information content (AvgIpc) is 4.26. The van der Waals surface area contributed by atoms with Gasteiger partial charge < -0.3 is 35.0 Å². The van der Waals surface area contributed by atoms with Gasteiger partial charge in [-0.1, -0.05) is 67.2 Å². The largest absolute Gasteiger partial charge is 0.484 e. The molecule has 3 aliphatic rings. The number of aliphatic hydroxyl groups is 1. The second kappa shape index (κ2) is 23.8. The number of likely N-dealkylation sites (tertiary alicyclic amines) is 1. The number of aryl methyl sites for hydroxylation is 2. The number of benzene rings is 2. The van der Waals surface area contributed by atoms with E-state index in [-0.39, 0.29) is 62.4 Å². The van der Waals surface area contributed by atoms with Gasteiger partial charge in [-0.15, -0.1) is 16.4 Å². The Balaban J connectivity index is 0.667. The SMILES string of the molecule is Cc1ncc(-c2ccc3nc(NC(=O)CN4CCN(c5ncc(OCc6cn(C(C(=O)N7C[C@H](O)C[C@H]7C(=O)NCc7ccc(-c8scnc8C)cc7)C(C)C)nn6)cn5)CC4)sc3c2)cc1NC(=O)OC1CCCCC1. The summed E-state index contributed by atoms with van der Waals surface area (Å²) in [6, 6.07) is 14.1. The standard InChI is InChI=1S/C54H62N14O7S2/c1-32(2)48(51(72)67-28-40(69)22-45(67)50(71)56-23-35-10-12-36(13-11-35)49-34(4)59-31-76-49)68-27-39(63-64-68)30-74-42-25-57-52(58-26-42)66-18-16-65(17-19-66)29-47(70)62-53-60-43-15-14-37(21-46(43)77-53)38-20-44(33(3)55-24-38)61-54(73)75-41-8-6-5-7-9-41/h10-15,20-21,24-27,31-32,40-41,45,48,69H,5-9,16-19,22-23,28-30H2,1-4H3,(H,56,71)(H,61,73)(H,60,62,70)/t40-,45+,48?/m1/s1. The van der Waals surface area contributed by atoms with E-state index in [2.05, 4.69) is 61.0 Å². The zero-order valence-electron chi connectivity index (χ0n) is 43.4. The number of pyridine rings is 1. The lowest BCUT2D eigenvalue weighted by molar-refractivity contribution is -0.142. The van der Waals surface area contributed by atoms with Crippen LogP contribution in [0.4, 0.5) is 21.6 Å². The van der Waals surface area contributed by atoms with Gasteiger partial charge in [-0.05, 0) is 80.3 Å². The van der Waals surface area contributed by atoms with E-state index < -0.39 is 24.3 Å². The summed E-state index contributed by atoms with van der Waals surface area (Å²) in [5.41, 5.74) is 9.03.